The average molecular weight is 344 g/mol. The molecule has 2 N–H and O–H groups in total. The molecule has 3 aromatic rings. The molecule has 0 aliphatic carbocycles. The molecule has 1 amide bonds. The standard InChI is InChI=1S/C17H11F3N4O/c18-11-6-7-12(16(20)15(11)19)21-13-8-9-14(24-23-13)22-17(25)10-4-2-1-3-5-10/h1-9H,(H,21,23)(H,22,24,25). The Bertz CT molecular complexity index is 902. The molecule has 126 valence electrons. The van der Waals surface area contributed by atoms with E-state index in [1.807, 2.05) is 0 Å². The van der Waals surface area contributed by atoms with Crippen LogP contribution in [0, 0.1) is 17.5 Å². The Kier molecular flexibility index (Phi) is 4.60. The number of benzene rings is 2. The topological polar surface area (TPSA) is 66.9 Å². The molecular weight excluding hydrogens is 333 g/mol. The van der Waals surface area contributed by atoms with Crippen molar-refractivity contribution < 1.29 is 18.0 Å². The smallest absolute Gasteiger partial charge is 0.256 e. The average Bonchev–Trinajstić information content (AvgIpc) is 2.64. The van der Waals surface area contributed by atoms with Crippen molar-refractivity contribution in [3.63, 3.8) is 0 Å². The van der Waals surface area contributed by atoms with Gasteiger partial charge in [-0.05, 0) is 36.4 Å². The van der Waals surface area contributed by atoms with Gasteiger partial charge >= 0.3 is 0 Å². The van der Waals surface area contributed by atoms with Gasteiger partial charge in [-0.1, -0.05) is 18.2 Å². The van der Waals surface area contributed by atoms with Crippen LogP contribution in [0.2, 0.25) is 0 Å². The zero-order valence-electron chi connectivity index (χ0n) is 12.6. The number of carbonyl (C=O) groups is 1. The minimum Gasteiger partial charge on any atom is -0.336 e. The zero-order chi connectivity index (χ0) is 17.8. The Morgan fingerprint density at radius 1 is 0.800 bits per heavy atom. The van der Waals surface area contributed by atoms with Crippen molar-refractivity contribution in [2.75, 3.05) is 10.6 Å². The van der Waals surface area contributed by atoms with E-state index < -0.39 is 17.5 Å². The van der Waals surface area contributed by atoms with Gasteiger partial charge in [0.1, 0.15) is 0 Å². The SMILES string of the molecule is O=C(Nc1ccc(Nc2ccc(F)c(F)c2F)nn1)c1ccccc1. The lowest BCUT2D eigenvalue weighted by Crippen LogP contribution is -2.13. The molecule has 0 bridgehead atoms. The maximum Gasteiger partial charge on any atom is 0.256 e. The zero-order valence-corrected chi connectivity index (χ0v) is 12.6. The molecule has 3 rings (SSSR count). The summed E-state index contributed by atoms with van der Waals surface area (Å²) < 4.78 is 39.7. The summed E-state index contributed by atoms with van der Waals surface area (Å²) in [4.78, 5) is 12.0. The molecule has 1 heterocycles. The number of halogens is 3. The number of hydrogen-bond acceptors (Lipinski definition) is 4. The largest absolute Gasteiger partial charge is 0.336 e. The van der Waals surface area contributed by atoms with Crippen molar-refractivity contribution >= 4 is 23.2 Å². The van der Waals surface area contributed by atoms with E-state index >= 15 is 0 Å². The van der Waals surface area contributed by atoms with Crippen LogP contribution in [0.25, 0.3) is 0 Å². The second-order valence-corrected chi connectivity index (χ2v) is 4.97. The minimum atomic E-state index is -1.58. The molecule has 0 radical (unpaired) electrons. The van der Waals surface area contributed by atoms with Crippen LogP contribution in [-0.2, 0) is 0 Å². The van der Waals surface area contributed by atoms with E-state index in [0.29, 0.717) is 5.56 Å². The highest BCUT2D eigenvalue weighted by atomic mass is 19.2. The molecule has 0 fully saturated rings. The first-order valence-electron chi connectivity index (χ1n) is 7.15. The molecule has 8 heteroatoms. The third-order valence-electron chi connectivity index (χ3n) is 3.24. The van der Waals surface area contributed by atoms with Crippen LogP contribution in [-0.4, -0.2) is 16.1 Å². The number of amides is 1. The lowest BCUT2D eigenvalue weighted by atomic mass is 10.2. The summed E-state index contributed by atoms with van der Waals surface area (Å²) in [5.41, 5.74) is 0.171. The Labute approximate surface area is 140 Å². The Morgan fingerprint density at radius 3 is 2.16 bits per heavy atom. The van der Waals surface area contributed by atoms with Crippen LogP contribution < -0.4 is 10.6 Å². The fraction of sp³-hybridized carbons (Fsp3) is 0. The van der Waals surface area contributed by atoms with E-state index in [1.54, 1.807) is 30.3 Å². The number of nitrogens with zero attached hydrogens (tertiary/aromatic N) is 2. The van der Waals surface area contributed by atoms with Gasteiger partial charge in [0.15, 0.2) is 29.1 Å². The Morgan fingerprint density at radius 2 is 1.48 bits per heavy atom. The van der Waals surface area contributed by atoms with E-state index in [-0.39, 0.29) is 23.2 Å². The predicted molar refractivity (Wildman–Crippen MR) is 86.0 cm³/mol. The van der Waals surface area contributed by atoms with Crippen molar-refractivity contribution in [2.24, 2.45) is 0 Å². The molecule has 0 saturated carbocycles. The molecule has 0 unspecified atom stereocenters. The van der Waals surface area contributed by atoms with Gasteiger partial charge in [0.25, 0.3) is 5.91 Å². The highest BCUT2D eigenvalue weighted by molar-refractivity contribution is 6.03. The summed E-state index contributed by atoms with van der Waals surface area (Å²) in [5.74, 6) is -4.30. The van der Waals surface area contributed by atoms with Gasteiger partial charge in [-0.25, -0.2) is 13.2 Å². The number of hydrogen-bond donors (Lipinski definition) is 2. The maximum absolute atomic E-state index is 13.6. The number of nitrogens with one attached hydrogen (secondary N) is 2. The van der Waals surface area contributed by atoms with E-state index in [9.17, 15) is 18.0 Å². The van der Waals surface area contributed by atoms with Gasteiger partial charge < -0.3 is 10.6 Å². The number of rotatable bonds is 4. The molecule has 2 aromatic carbocycles. The van der Waals surface area contributed by atoms with Crippen LogP contribution in [0.1, 0.15) is 10.4 Å². The predicted octanol–water partition coefficient (Wildman–Crippen LogP) is 3.89. The fourth-order valence-corrected chi connectivity index (χ4v) is 2.00. The molecule has 0 aliphatic heterocycles. The quantitative estimate of drug-likeness (QED) is 0.705. The van der Waals surface area contributed by atoms with E-state index in [4.69, 9.17) is 0 Å². The first-order valence-corrected chi connectivity index (χ1v) is 7.15. The molecular formula is C17H11F3N4O. The van der Waals surface area contributed by atoms with Gasteiger partial charge in [0.2, 0.25) is 0 Å². The first kappa shape index (κ1) is 16.4. The van der Waals surface area contributed by atoms with Gasteiger partial charge in [0, 0.05) is 5.56 Å². The summed E-state index contributed by atoms with van der Waals surface area (Å²) in [6, 6.07) is 13.2. The first-order chi connectivity index (χ1) is 12.0. The lowest BCUT2D eigenvalue weighted by Gasteiger charge is -2.08. The van der Waals surface area contributed by atoms with E-state index in [2.05, 4.69) is 20.8 Å². The minimum absolute atomic E-state index is 0.0996. The molecule has 0 spiro atoms. The van der Waals surface area contributed by atoms with Gasteiger partial charge in [-0.3, -0.25) is 4.79 Å². The Balaban J connectivity index is 1.71. The van der Waals surface area contributed by atoms with Crippen LogP contribution >= 0.6 is 0 Å². The van der Waals surface area contributed by atoms with Gasteiger partial charge in [-0.2, -0.15) is 0 Å². The summed E-state index contributed by atoms with van der Waals surface area (Å²) in [6.45, 7) is 0. The molecule has 0 saturated heterocycles. The summed E-state index contributed by atoms with van der Waals surface area (Å²) >= 11 is 0. The third kappa shape index (κ3) is 3.74. The summed E-state index contributed by atoms with van der Waals surface area (Å²) in [5, 5.41) is 12.6. The van der Waals surface area contributed by atoms with Gasteiger partial charge in [-0.15, -0.1) is 10.2 Å². The highest BCUT2D eigenvalue weighted by Crippen LogP contribution is 2.22. The van der Waals surface area contributed by atoms with Gasteiger partial charge in [0.05, 0.1) is 5.69 Å². The van der Waals surface area contributed by atoms with Crippen molar-refractivity contribution in [1.29, 1.82) is 0 Å². The maximum atomic E-state index is 13.6. The normalized spacial score (nSPS) is 10.4. The molecule has 0 atom stereocenters. The highest BCUT2D eigenvalue weighted by Gasteiger charge is 2.14. The monoisotopic (exact) mass is 344 g/mol. The lowest BCUT2D eigenvalue weighted by molar-refractivity contribution is 0.102. The Hall–Kier alpha value is -3.42. The summed E-state index contributed by atoms with van der Waals surface area (Å²) in [7, 11) is 0. The van der Waals surface area contributed by atoms with Crippen LogP contribution in [0.15, 0.2) is 54.6 Å². The number of carbonyl (C=O) groups excluding carboxylic acids is 1. The molecule has 5 nitrogen and oxygen atoms in total. The van der Waals surface area contributed by atoms with Crippen LogP contribution in [0.3, 0.4) is 0 Å². The second kappa shape index (κ2) is 7.00. The van der Waals surface area contributed by atoms with Crippen molar-refractivity contribution in [2.45, 2.75) is 0 Å². The third-order valence-corrected chi connectivity index (χ3v) is 3.24. The van der Waals surface area contributed by atoms with E-state index in [0.717, 1.165) is 12.1 Å². The van der Waals surface area contributed by atoms with Crippen LogP contribution in [0.5, 0.6) is 0 Å². The fourth-order valence-electron chi connectivity index (χ4n) is 2.00. The van der Waals surface area contributed by atoms with Crippen molar-refractivity contribution in [3.8, 4) is 0 Å². The second-order valence-electron chi connectivity index (χ2n) is 4.97. The molecule has 0 aliphatic rings. The van der Waals surface area contributed by atoms with E-state index in [1.165, 1.54) is 12.1 Å². The molecule has 25 heavy (non-hydrogen) atoms. The number of anilines is 3. The van der Waals surface area contributed by atoms with Crippen molar-refractivity contribution in [3.05, 3.63) is 77.6 Å². The number of aromatic nitrogens is 2. The van der Waals surface area contributed by atoms with Crippen molar-refractivity contribution in [1.82, 2.24) is 10.2 Å². The molecule has 1 aromatic heterocycles. The van der Waals surface area contributed by atoms with Crippen LogP contribution in [0.4, 0.5) is 30.5 Å². The summed E-state index contributed by atoms with van der Waals surface area (Å²) in [6.07, 6.45) is 0.